The third-order valence-corrected chi connectivity index (χ3v) is 6.82. The molecule has 0 unspecified atom stereocenters. The van der Waals surface area contributed by atoms with Crippen LogP contribution in [0.25, 0.3) is 10.6 Å². The lowest BCUT2D eigenvalue weighted by atomic mass is 10.2. The largest absolute Gasteiger partial charge is 0.417 e. The number of thiazole rings is 1. The minimum Gasteiger partial charge on any atom is -0.355 e. The van der Waals surface area contributed by atoms with E-state index in [-0.39, 0.29) is 5.91 Å². The average Bonchev–Trinajstić information content (AvgIpc) is 3.31. The molecule has 158 valence electrons. The van der Waals surface area contributed by atoms with Crippen molar-refractivity contribution >= 4 is 34.4 Å². The summed E-state index contributed by atoms with van der Waals surface area (Å²) in [7, 11) is 0. The van der Waals surface area contributed by atoms with Crippen molar-refractivity contribution in [3.63, 3.8) is 0 Å². The number of alkyl halides is 3. The molecule has 1 aliphatic rings. The van der Waals surface area contributed by atoms with E-state index in [0.29, 0.717) is 43.3 Å². The quantitative estimate of drug-likeness (QED) is 0.565. The van der Waals surface area contributed by atoms with Crippen LogP contribution in [-0.2, 0) is 6.18 Å². The predicted octanol–water partition coefficient (Wildman–Crippen LogP) is 4.95. The number of anilines is 1. The Morgan fingerprint density at radius 2 is 1.97 bits per heavy atom. The Bertz CT molecular complexity index is 1020. The summed E-state index contributed by atoms with van der Waals surface area (Å²) in [6, 6.07) is 4.42. The van der Waals surface area contributed by atoms with Gasteiger partial charge in [-0.15, -0.1) is 11.3 Å². The molecule has 0 N–H and O–H groups in total. The standard InChI is InChI=1S/C20H19F3N4OS2/c1-13-17(30-18(25-13)14-5-10-29-12-14)19(28)27-7-2-6-26(8-9-27)16-4-3-15(11-24-16)20(21,22)23/h3-5,10-12H,2,6-9H2,1H3. The van der Waals surface area contributed by atoms with Gasteiger partial charge in [-0.3, -0.25) is 4.79 Å². The van der Waals surface area contributed by atoms with Gasteiger partial charge < -0.3 is 9.80 Å². The first-order chi connectivity index (χ1) is 14.3. The first-order valence-corrected chi connectivity index (χ1v) is 11.2. The molecule has 30 heavy (non-hydrogen) atoms. The Morgan fingerprint density at radius 3 is 2.63 bits per heavy atom. The summed E-state index contributed by atoms with van der Waals surface area (Å²) in [5.74, 6) is 0.444. The molecule has 10 heteroatoms. The highest BCUT2D eigenvalue weighted by molar-refractivity contribution is 7.17. The number of aryl methyl sites for hydroxylation is 1. The van der Waals surface area contributed by atoms with E-state index >= 15 is 0 Å². The van der Waals surface area contributed by atoms with Gasteiger partial charge in [0, 0.05) is 43.3 Å². The fourth-order valence-corrected chi connectivity index (χ4v) is 5.08. The van der Waals surface area contributed by atoms with E-state index in [0.717, 1.165) is 28.5 Å². The van der Waals surface area contributed by atoms with Crippen LogP contribution in [-0.4, -0.2) is 47.0 Å². The van der Waals surface area contributed by atoms with Crippen LogP contribution in [0.2, 0.25) is 0 Å². The summed E-state index contributed by atoms with van der Waals surface area (Å²) in [4.78, 5) is 26.0. The monoisotopic (exact) mass is 452 g/mol. The van der Waals surface area contributed by atoms with Gasteiger partial charge in [0.2, 0.25) is 0 Å². The molecule has 3 aromatic heterocycles. The lowest BCUT2D eigenvalue weighted by molar-refractivity contribution is -0.137. The van der Waals surface area contributed by atoms with Crippen LogP contribution in [0.4, 0.5) is 19.0 Å². The van der Waals surface area contributed by atoms with Crippen LogP contribution in [0.1, 0.15) is 27.3 Å². The topological polar surface area (TPSA) is 49.3 Å². The summed E-state index contributed by atoms with van der Waals surface area (Å²) >= 11 is 2.99. The Morgan fingerprint density at radius 1 is 1.13 bits per heavy atom. The SMILES string of the molecule is Cc1nc(-c2ccsc2)sc1C(=O)N1CCCN(c2ccc(C(F)(F)F)cn2)CC1. The zero-order chi connectivity index (χ0) is 21.3. The van der Waals surface area contributed by atoms with Crippen molar-refractivity contribution in [3.8, 4) is 10.6 Å². The number of pyridine rings is 1. The number of halogens is 3. The molecular formula is C20H19F3N4OS2. The molecule has 0 saturated carbocycles. The molecule has 1 fully saturated rings. The van der Waals surface area contributed by atoms with Crippen LogP contribution >= 0.6 is 22.7 Å². The molecular weight excluding hydrogens is 433 g/mol. The number of hydrogen-bond donors (Lipinski definition) is 0. The number of carbonyl (C=O) groups excluding carboxylic acids is 1. The van der Waals surface area contributed by atoms with Crippen LogP contribution in [0, 0.1) is 6.92 Å². The maximum absolute atomic E-state index is 13.1. The molecule has 3 aromatic rings. The van der Waals surface area contributed by atoms with Crippen molar-refractivity contribution < 1.29 is 18.0 Å². The third-order valence-electron chi connectivity index (χ3n) is 4.94. The van der Waals surface area contributed by atoms with Gasteiger partial charge in [0.15, 0.2) is 0 Å². The van der Waals surface area contributed by atoms with Crippen molar-refractivity contribution in [1.29, 1.82) is 0 Å². The number of thiophene rings is 1. The minimum atomic E-state index is -4.40. The van der Waals surface area contributed by atoms with Gasteiger partial charge in [-0.2, -0.15) is 24.5 Å². The highest BCUT2D eigenvalue weighted by Crippen LogP contribution is 2.31. The van der Waals surface area contributed by atoms with E-state index in [2.05, 4.69) is 9.97 Å². The molecule has 1 saturated heterocycles. The van der Waals surface area contributed by atoms with Crippen molar-refractivity contribution in [2.24, 2.45) is 0 Å². The van der Waals surface area contributed by atoms with E-state index in [4.69, 9.17) is 0 Å². The maximum atomic E-state index is 13.1. The van der Waals surface area contributed by atoms with E-state index in [1.807, 2.05) is 28.7 Å². The Hall–Kier alpha value is -2.46. The number of rotatable bonds is 3. The number of hydrogen-bond acceptors (Lipinski definition) is 6. The molecule has 0 aliphatic carbocycles. The summed E-state index contributed by atoms with van der Waals surface area (Å²) in [6.07, 6.45) is -2.83. The average molecular weight is 453 g/mol. The second-order valence-electron chi connectivity index (χ2n) is 6.98. The smallest absolute Gasteiger partial charge is 0.355 e. The molecule has 0 bridgehead atoms. The zero-order valence-electron chi connectivity index (χ0n) is 16.1. The first-order valence-electron chi connectivity index (χ1n) is 9.40. The molecule has 0 aromatic carbocycles. The van der Waals surface area contributed by atoms with Gasteiger partial charge in [0.1, 0.15) is 15.7 Å². The Labute approximate surface area is 179 Å². The summed E-state index contributed by atoms with van der Waals surface area (Å²) in [5, 5.41) is 4.82. The summed E-state index contributed by atoms with van der Waals surface area (Å²) in [6.45, 7) is 4.05. The Kier molecular flexibility index (Phi) is 5.79. The number of aromatic nitrogens is 2. The van der Waals surface area contributed by atoms with Gasteiger partial charge in [0.25, 0.3) is 5.91 Å². The highest BCUT2D eigenvalue weighted by atomic mass is 32.1. The van der Waals surface area contributed by atoms with E-state index in [9.17, 15) is 18.0 Å². The lowest BCUT2D eigenvalue weighted by Crippen LogP contribution is -2.35. The fourth-order valence-electron chi connectivity index (χ4n) is 3.34. The second kappa shape index (κ2) is 8.35. The van der Waals surface area contributed by atoms with Crippen LogP contribution in [0.15, 0.2) is 35.2 Å². The van der Waals surface area contributed by atoms with Gasteiger partial charge in [-0.25, -0.2) is 9.97 Å². The van der Waals surface area contributed by atoms with Crippen LogP contribution in [0.3, 0.4) is 0 Å². The van der Waals surface area contributed by atoms with E-state index < -0.39 is 11.7 Å². The molecule has 5 nitrogen and oxygen atoms in total. The van der Waals surface area contributed by atoms with E-state index in [1.165, 1.54) is 17.4 Å². The van der Waals surface area contributed by atoms with Crippen molar-refractivity contribution in [1.82, 2.24) is 14.9 Å². The van der Waals surface area contributed by atoms with Crippen molar-refractivity contribution in [2.75, 3.05) is 31.1 Å². The fraction of sp³-hybridized carbons (Fsp3) is 0.350. The predicted molar refractivity (Wildman–Crippen MR) is 112 cm³/mol. The molecule has 1 amide bonds. The van der Waals surface area contributed by atoms with Crippen molar-refractivity contribution in [3.05, 3.63) is 51.3 Å². The lowest BCUT2D eigenvalue weighted by Gasteiger charge is -2.23. The van der Waals surface area contributed by atoms with Gasteiger partial charge >= 0.3 is 6.18 Å². The second-order valence-corrected chi connectivity index (χ2v) is 8.76. The van der Waals surface area contributed by atoms with Gasteiger partial charge in [0.05, 0.1) is 11.3 Å². The molecule has 4 rings (SSSR count). The van der Waals surface area contributed by atoms with Gasteiger partial charge in [-0.05, 0) is 36.9 Å². The molecule has 4 heterocycles. The Balaban J connectivity index is 1.45. The highest BCUT2D eigenvalue weighted by Gasteiger charge is 2.31. The molecule has 0 spiro atoms. The molecule has 0 radical (unpaired) electrons. The normalized spacial score (nSPS) is 15.3. The number of carbonyl (C=O) groups is 1. The van der Waals surface area contributed by atoms with Gasteiger partial charge in [-0.1, -0.05) is 0 Å². The minimum absolute atomic E-state index is 0.0475. The summed E-state index contributed by atoms with van der Waals surface area (Å²) in [5.41, 5.74) is 0.972. The van der Waals surface area contributed by atoms with Crippen LogP contribution in [0.5, 0.6) is 0 Å². The summed E-state index contributed by atoms with van der Waals surface area (Å²) < 4.78 is 38.3. The third kappa shape index (κ3) is 4.34. The number of nitrogens with zero attached hydrogens (tertiary/aromatic N) is 4. The van der Waals surface area contributed by atoms with Crippen molar-refractivity contribution in [2.45, 2.75) is 19.5 Å². The zero-order valence-corrected chi connectivity index (χ0v) is 17.8. The van der Waals surface area contributed by atoms with E-state index in [1.54, 1.807) is 16.2 Å². The molecule has 1 aliphatic heterocycles. The first kappa shape index (κ1) is 20.8. The molecule has 0 atom stereocenters. The number of amides is 1. The maximum Gasteiger partial charge on any atom is 0.417 e. The van der Waals surface area contributed by atoms with Crippen LogP contribution < -0.4 is 4.90 Å².